The van der Waals surface area contributed by atoms with Crippen LogP contribution in [-0.2, 0) is 9.59 Å². The molecule has 39 heavy (non-hydrogen) atoms. The topological polar surface area (TPSA) is 102 Å². The zero-order chi connectivity index (χ0) is 28.6. The highest BCUT2D eigenvalue weighted by Crippen LogP contribution is 2.18. The number of likely N-dealkylation sites (N-methyl/N-ethyl adjacent to an activating group) is 2. The van der Waals surface area contributed by atoms with Gasteiger partial charge in [-0.25, -0.2) is 9.37 Å². The van der Waals surface area contributed by atoms with E-state index in [0.29, 0.717) is 55.4 Å². The van der Waals surface area contributed by atoms with Crippen molar-refractivity contribution in [3.8, 4) is 11.8 Å². The Morgan fingerprint density at radius 3 is 2.67 bits per heavy atom. The van der Waals surface area contributed by atoms with Crippen molar-refractivity contribution in [1.29, 1.82) is 0 Å². The SMILES string of the molecule is CCCNc1nc(Nc2cccc(F)c2)ncc1C#CCCCNC(=O)C(CC)N(C)C(=O)/C=C/CN(C)C. The number of amides is 2. The minimum Gasteiger partial charge on any atom is -0.369 e. The van der Waals surface area contributed by atoms with Gasteiger partial charge in [0.15, 0.2) is 0 Å². The number of hydrogen-bond donors (Lipinski definition) is 3. The van der Waals surface area contributed by atoms with Crippen LogP contribution in [0, 0.1) is 17.7 Å². The Labute approximate surface area is 231 Å². The molecule has 0 fully saturated rings. The first-order valence-electron chi connectivity index (χ1n) is 13.2. The summed E-state index contributed by atoms with van der Waals surface area (Å²) in [5, 5.41) is 9.18. The smallest absolute Gasteiger partial charge is 0.246 e. The Balaban J connectivity index is 1.90. The monoisotopic (exact) mass is 537 g/mol. The molecule has 0 saturated heterocycles. The van der Waals surface area contributed by atoms with Crippen LogP contribution in [0.5, 0.6) is 0 Å². The molecule has 1 unspecified atom stereocenters. The van der Waals surface area contributed by atoms with E-state index in [-0.39, 0.29) is 17.6 Å². The van der Waals surface area contributed by atoms with Gasteiger partial charge in [-0.15, -0.1) is 0 Å². The molecule has 0 saturated carbocycles. The van der Waals surface area contributed by atoms with E-state index in [9.17, 15) is 14.0 Å². The fourth-order valence-electron chi connectivity index (χ4n) is 3.54. The molecule has 9 nitrogen and oxygen atoms in total. The van der Waals surface area contributed by atoms with E-state index in [2.05, 4.69) is 44.7 Å². The molecule has 1 aromatic heterocycles. The lowest BCUT2D eigenvalue weighted by molar-refractivity contribution is -0.135. The van der Waals surface area contributed by atoms with Gasteiger partial charge >= 0.3 is 0 Å². The summed E-state index contributed by atoms with van der Waals surface area (Å²) < 4.78 is 13.5. The Bertz CT molecular complexity index is 1170. The van der Waals surface area contributed by atoms with Crippen molar-refractivity contribution < 1.29 is 14.0 Å². The van der Waals surface area contributed by atoms with Crippen molar-refractivity contribution in [1.82, 2.24) is 25.1 Å². The maximum Gasteiger partial charge on any atom is 0.246 e. The van der Waals surface area contributed by atoms with Crippen LogP contribution in [-0.4, -0.2) is 78.4 Å². The van der Waals surface area contributed by atoms with Crippen LogP contribution in [0.25, 0.3) is 0 Å². The van der Waals surface area contributed by atoms with Gasteiger partial charge in [0.05, 0.1) is 11.8 Å². The number of aromatic nitrogens is 2. The van der Waals surface area contributed by atoms with E-state index in [1.54, 1.807) is 31.5 Å². The summed E-state index contributed by atoms with van der Waals surface area (Å²) in [5.74, 6) is 6.44. The predicted molar refractivity (Wildman–Crippen MR) is 154 cm³/mol. The lowest BCUT2D eigenvalue weighted by Gasteiger charge is -2.25. The molecule has 1 heterocycles. The molecule has 2 rings (SSSR count). The van der Waals surface area contributed by atoms with Crippen molar-refractivity contribution in [3.63, 3.8) is 0 Å². The lowest BCUT2D eigenvalue weighted by atomic mass is 10.1. The van der Waals surface area contributed by atoms with Crippen molar-refractivity contribution >= 4 is 29.3 Å². The molecule has 0 bridgehead atoms. The number of unbranched alkanes of at least 4 members (excludes halogenated alkanes) is 1. The second-order valence-electron chi connectivity index (χ2n) is 9.25. The van der Waals surface area contributed by atoms with E-state index in [1.165, 1.54) is 23.1 Å². The molecule has 3 N–H and O–H groups in total. The molecular weight excluding hydrogens is 497 g/mol. The average molecular weight is 538 g/mol. The third-order valence-electron chi connectivity index (χ3n) is 5.65. The maximum atomic E-state index is 13.5. The number of nitrogens with one attached hydrogen (secondary N) is 3. The number of anilines is 3. The van der Waals surface area contributed by atoms with Gasteiger partial charge in [0.2, 0.25) is 17.8 Å². The van der Waals surface area contributed by atoms with Gasteiger partial charge in [-0.1, -0.05) is 37.8 Å². The zero-order valence-electron chi connectivity index (χ0n) is 23.6. The first kappa shape index (κ1) is 31.2. The average Bonchev–Trinajstić information content (AvgIpc) is 2.90. The molecule has 2 amide bonds. The molecule has 0 radical (unpaired) electrons. The quantitative estimate of drug-likeness (QED) is 0.191. The summed E-state index contributed by atoms with van der Waals surface area (Å²) in [7, 11) is 5.49. The van der Waals surface area contributed by atoms with E-state index < -0.39 is 6.04 Å². The van der Waals surface area contributed by atoms with Crippen LogP contribution in [0.2, 0.25) is 0 Å². The Hall–Kier alpha value is -3.97. The van der Waals surface area contributed by atoms with E-state index >= 15 is 0 Å². The van der Waals surface area contributed by atoms with E-state index in [1.807, 2.05) is 25.9 Å². The highest BCUT2D eigenvalue weighted by atomic mass is 19.1. The van der Waals surface area contributed by atoms with E-state index in [4.69, 9.17) is 0 Å². The Kier molecular flexibility index (Phi) is 13.4. The molecule has 0 aliphatic rings. The molecule has 0 aliphatic carbocycles. The van der Waals surface area contributed by atoms with Crippen LogP contribution in [0.3, 0.4) is 0 Å². The number of rotatable bonds is 14. The fraction of sp³-hybridized carbons (Fsp3) is 0.448. The number of carbonyl (C=O) groups excluding carboxylic acids is 2. The van der Waals surface area contributed by atoms with Crippen molar-refractivity contribution in [2.24, 2.45) is 0 Å². The summed E-state index contributed by atoms with van der Waals surface area (Å²) in [5.41, 5.74) is 1.21. The van der Waals surface area contributed by atoms with Gasteiger partial charge < -0.3 is 25.8 Å². The van der Waals surface area contributed by atoms with Crippen LogP contribution >= 0.6 is 0 Å². The molecule has 210 valence electrons. The third kappa shape index (κ3) is 11.1. The predicted octanol–water partition coefficient (Wildman–Crippen LogP) is 3.78. The highest BCUT2D eigenvalue weighted by Gasteiger charge is 2.23. The van der Waals surface area contributed by atoms with Gasteiger partial charge in [0, 0.05) is 44.9 Å². The third-order valence-corrected chi connectivity index (χ3v) is 5.65. The van der Waals surface area contributed by atoms with Gasteiger partial charge in [0.25, 0.3) is 0 Å². The summed E-state index contributed by atoms with van der Waals surface area (Å²) in [6.45, 7) is 5.77. The summed E-state index contributed by atoms with van der Waals surface area (Å²) in [6, 6.07) is 5.56. The number of nitrogens with zero attached hydrogens (tertiary/aromatic N) is 4. The zero-order valence-corrected chi connectivity index (χ0v) is 23.6. The van der Waals surface area contributed by atoms with Crippen LogP contribution in [0.15, 0.2) is 42.6 Å². The first-order valence-corrected chi connectivity index (χ1v) is 13.2. The number of carbonyl (C=O) groups is 2. The molecular formula is C29H40FN7O2. The molecule has 2 aromatic rings. The van der Waals surface area contributed by atoms with E-state index in [0.717, 1.165) is 13.0 Å². The maximum absolute atomic E-state index is 13.5. The van der Waals surface area contributed by atoms with Gasteiger partial charge in [-0.05, 0) is 51.6 Å². The Morgan fingerprint density at radius 2 is 1.97 bits per heavy atom. The summed E-state index contributed by atoms with van der Waals surface area (Å²) >= 11 is 0. The number of halogens is 1. The van der Waals surface area contributed by atoms with Gasteiger partial charge in [-0.2, -0.15) is 4.98 Å². The van der Waals surface area contributed by atoms with Crippen molar-refractivity contribution in [2.45, 2.75) is 45.6 Å². The van der Waals surface area contributed by atoms with Crippen LogP contribution < -0.4 is 16.0 Å². The number of benzene rings is 1. The van der Waals surface area contributed by atoms with Crippen molar-refractivity contribution in [2.75, 3.05) is 51.4 Å². The standard InChI is InChI=1S/C29H40FN7O2/c1-6-17-31-27-22(21-33-29(35-27)34-24-15-11-14-23(30)20-24)13-9-8-10-18-32-28(39)25(7-2)37(5)26(38)16-12-19-36(3)4/h11-12,14-16,20-21,25H,6-8,10,17-19H2,1-5H3,(H,32,39)(H2,31,33,34,35)/b16-12+. The molecule has 0 aliphatic heterocycles. The first-order chi connectivity index (χ1) is 18.7. The van der Waals surface area contributed by atoms with Crippen LogP contribution in [0.4, 0.5) is 21.8 Å². The second-order valence-corrected chi connectivity index (χ2v) is 9.25. The fourth-order valence-corrected chi connectivity index (χ4v) is 3.54. The largest absolute Gasteiger partial charge is 0.369 e. The highest BCUT2D eigenvalue weighted by molar-refractivity contribution is 5.92. The second kappa shape index (κ2) is 16.8. The lowest BCUT2D eigenvalue weighted by Crippen LogP contribution is -2.47. The van der Waals surface area contributed by atoms with Gasteiger partial charge in [-0.3, -0.25) is 9.59 Å². The minimum atomic E-state index is -0.531. The summed E-state index contributed by atoms with van der Waals surface area (Å²) in [4.78, 5) is 37.3. The molecule has 1 atom stereocenters. The number of hydrogen-bond acceptors (Lipinski definition) is 7. The minimum absolute atomic E-state index is 0.178. The van der Waals surface area contributed by atoms with Gasteiger partial charge in [0.1, 0.15) is 17.7 Å². The normalized spacial score (nSPS) is 11.6. The molecule has 1 aromatic carbocycles. The van der Waals surface area contributed by atoms with Crippen molar-refractivity contribution in [3.05, 3.63) is 54.0 Å². The van der Waals surface area contributed by atoms with Crippen LogP contribution in [0.1, 0.15) is 45.1 Å². The molecule has 0 spiro atoms. The summed E-state index contributed by atoms with van der Waals surface area (Å²) in [6.07, 6.45) is 7.58. The Morgan fingerprint density at radius 1 is 1.18 bits per heavy atom. The molecule has 10 heteroatoms.